The van der Waals surface area contributed by atoms with Crippen molar-refractivity contribution < 1.29 is 46.0 Å². The Morgan fingerprint density at radius 3 is 1.72 bits per heavy atom. The summed E-state index contributed by atoms with van der Waals surface area (Å²) in [6.45, 7) is 7.48. The van der Waals surface area contributed by atoms with Crippen LogP contribution >= 0.6 is 0 Å². The van der Waals surface area contributed by atoms with Crippen LogP contribution in [0, 0.1) is 0 Å². The minimum atomic E-state index is -4.45. The molecule has 6 aromatic rings. The van der Waals surface area contributed by atoms with Crippen molar-refractivity contribution in [2.24, 2.45) is 0 Å². The molecule has 0 unspecified atom stereocenters. The molecule has 0 radical (unpaired) electrons. The van der Waals surface area contributed by atoms with Crippen molar-refractivity contribution in [1.29, 1.82) is 0 Å². The Kier molecular flexibility index (Phi) is 16.8. The number of carbonyl (C=O) groups excluding carboxylic acids is 2. The van der Waals surface area contributed by atoms with E-state index in [4.69, 9.17) is 10.0 Å². The smallest absolute Gasteiger partial charge is 0.423 e. The number of halogens is 6. The van der Waals surface area contributed by atoms with Gasteiger partial charge >= 0.3 is 19.5 Å². The van der Waals surface area contributed by atoms with Crippen LogP contribution in [0.3, 0.4) is 0 Å². The highest BCUT2D eigenvalue weighted by Gasteiger charge is 2.31. The van der Waals surface area contributed by atoms with Gasteiger partial charge in [0.25, 0.3) is 0 Å². The Morgan fingerprint density at radius 2 is 1.17 bits per heavy atom. The maximum absolute atomic E-state index is 12.8. The van der Waals surface area contributed by atoms with Crippen LogP contribution in [0.15, 0.2) is 152 Å². The first kappa shape index (κ1) is 46.4. The normalized spacial score (nSPS) is 12.2. The molecule has 0 aliphatic heterocycles. The Balaban J connectivity index is 0.000000250. The SMILES string of the molecule is C.C=CC(=O)C[C@H](C)c1cccc2ccccc12.C[C@@H](NC(=O)/C=C/c1cccc(C(F)(F)F)c1)c1cccc2ccccc12.OB(O)c1cccc(C(F)(F)F)c1. The van der Waals surface area contributed by atoms with E-state index in [2.05, 4.69) is 43.1 Å². The molecular weight excluding hydrogens is 755 g/mol. The first-order valence-electron chi connectivity index (χ1n) is 17.8. The zero-order valence-electron chi connectivity index (χ0n) is 31.1. The van der Waals surface area contributed by atoms with E-state index in [1.807, 2.05) is 67.6 Å². The van der Waals surface area contributed by atoms with Crippen molar-refractivity contribution in [3.05, 3.63) is 180 Å². The van der Waals surface area contributed by atoms with E-state index in [1.165, 1.54) is 52.8 Å². The molecule has 2 atom stereocenters. The molecule has 58 heavy (non-hydrogen) atoms. The van der Waals surface area contributed by atoms with Crippen molar-refractivity contribution >= 4 is 51.9 Å². The Bertz CT molecular complexity index is 2330. The van der Waals surface area contributed by atoms with E-state index >= 15 is 0 Å². The number of ketones is 1. The third-order valence-corrected chi connectivity index (χ3v) is 8.89. The summed E-state index contributed by atoms with van der Waals surface area (Å²) in [6.07, 6.45) is -4.31. The van der Waals surface area contributed by atoms with Crippen LogP contribution in [0.1, 0.15) is 67.5 Å². The number of amides is 1. The molecule has 0 spiro atoms. The molecule has 0 heterocycles. The summed E-state index contributed by atoms with van der Waals surface area (Å²) in [5.74, 6) is -0.0371. The average Bonchev–Trinajstić information content (AvgIpc) is 3.19. The van der Waals surface area contributed by atoms with Crippen LogP contribution in [0.2, 0.25) is 0 Å². The lowest BCUT2D eigenvalue weighted by Crippen LogP contribution is -2.30. The zero-order chi connectivity index (χ0) is 41.8. The number of hydrogen-bond donors (Lipinski definition) is 3. The third-order valence-electron chi connectivity index (χ3n) is 8.89. The third kappa shape index (κ3) is 13.3. The molecule has 5 nitrogen and oxygen atoms in total. The summed E-state index contributed by atoms with van der Waals surface area (Å²) in [5, 5.41) is 24.6. The fourth-order valence-electron chi connectivity index (χ4n) is 6.01. The molecule has 6 rings (SSSR count). The summed E-state index contributed by atoms with van der Waals surface area (Å²) in [6, 6.07) is 36.8. The van der Waals surface area contributed by atoms with Crippen molar-refractivity contribution in [2.45, 2.75) is 52.0 Å². The predicted octanol–water partition coefficient (Wildman–Crippen LogP) is 10.9. The lowest BCUT2D eigenvalue weighted by atomic mass is 9.79. The number of allylic oxidation sites excluding steroid dienone is 1. The first-order valence-corrected chi connectivity index (χ1v) is 17.8. The molecule has 0 aliphatic rings. The van der Waals surface area contributed by atoms with Crippen molar-refractivity contribution in [3.63, 3.8) is 0 Å². The summed E-state index contributed by atoms with van der Waals surface area (Å²) in [5.41, 5.74) is 0.729. The molecule has 0 aliphatic carbocycles. The minimum Gasteiger partial charge on any atom is -0.423 e. The van der Waals surface area contributed by atoms with Gasteiger partial charge in [-0.3, -0.25) is 9.59 Å². The van der Waals surface area contributed by atoms with E-state index in [0.29, 0.717) is 18.1 Å². The fourth-order valence-corrected chi connectivity index (χ4v) is 6.01. The average molecular weight is 800 g/mol. The van der Waals surface area contributed by atoms with Gasteiger partial charge in [-0.2, -0.15) is 26.3 Å². The van der Waals surface area contributed by atoms with Crippen molar-refractivity contribution in [2.75, 3.05) is 0 Å². The van der Waals surface area contributed by atoms with Crippen molar-refractivity contribution in [3.8, 4) is 0 Å². The molecular formula is C46H44BF6NO4. The van der Waals surface area contributed by atoms with Crippen LogP contribution in [-0.4, -0.2) is 28.9 Å². The second kappa shape index (κ2) is 21.0. The van der Waals surface area contributed by atoms with Gasteiger partial charge in [0.1, 0.15) is 0 Å². The maximum Gasteiger partial charge on any atom is 0.488 e. The predicted molar refractivity (Wildman–Crippen MR) is 221 cm³/mol. The molecule has 302 valence electrons. The molecule has 0 aromatic heterocycles. The molecule has 0 saturated carbocycles. The number of fused-ring (bicyclic) bond motifs is 2. The quantitative estimate of drug-likeness (QED) is 0.0772. The second-order valence-corrected chi connectivity index (χ2v) is 13.1. The number of alkyl halides is 6. The summed E-state index contributed by atoms with van der Waals surface area (Å²) < 4.78 is 74.5. The Labute approximate surface area is 334 Å². The molecule has 1 amide bonds. The van der Waals surface area contributed by atoms with Crippen LogP contribution in [-0.2, 0) is 21.9 Å². The van der Waals surface area contributed by atoms with Crippen LogP contribution in [0.5, 0.6) is 0 Å². The number of nitrogens with one attached hydrogen (secondary N) is 1. The van der Waals surface area contributed by atoms with E-state index in [1.54, 1.807) is 0 Å². The molecule has 0 bridgehead atoms. The van der Waals surface area contributed by atoms with Gasteiger partial charge in [0.05, 0.1) is 17.2 Å². The number of carbonyl (C=O) groups is 2. The van der Waals surface area contributed by atoms with Gasteiger partial charge in [-0.05, 0) is 80.8 Å². The van der Waals surface area contributed by atoms with Gasteiger partial charge in [-0.15, -0.1) is 0 Å². The molecule has 6 aromatic carbocycles. The lowest BCUT2D eigenvalue weighted by Gasteiger charge is -2.15. The van der Waals surface area contributed by atoms with Crippen LogP contribution in [0.4, 0.5) is 26.3 Å². The fraction of sp³-hybridized carbons (Fsp3) is 0.174. The minimum absolute atomic E-state index is 0. The molecule has 12 heteroatoms. The number of benzene rings is 6. The van der Waals surface area contributed by atoms with E-state index in [-0.39, 0.29) is 36.5 Å². The van der Waals surface area contributed by atoms with Gasteiger partial charge in [0.2, 0.25) is 5.91 Å². The Hall–Kier alpha value is -5.98. The molecule has 0 fully saturated rings. The zero-order valence-corrected chi connectivity index (χ0v) is 31.1. The number of hydrogen-bond acceptors (Lipinski definition) is 4. The molecule has 3 N–H and O–H groups in total. The van der Waals surface area contributed by atoms with Gasteiger partial charge in [0, 0.05) is 12.5 Å². The largest absolute Gasteiger partial charge is 0.488 e. The topological polar surface area (TPSA) is 86.6 Å². The van der Waals surface area contributed by atoms with Gasteiger partial charge in [-0.1, -0.05) is 142 Å². The standard InChI is InChI=1S/C22H18F3NO.C16H16O.C7H6BF3O2.CH4/c1-15(19-11-5-8-17-7-2-3-10-20(17)19)26-21(27)13-12-16-6-4-9-18(14-16)22(23,24)25;1-3-14(17)11-12(2)15-10-6-8-13-7-4-5-9-16(13)15;9-7(10,11)5-2-1-3-6(4-5)8(12)13;/h2-15H,1H3,(H,26,27);3-10,12H,1,11H2,2H3;1-4,12-13H;1H4/b13-12+;;;/t15-;12-;;/m10../s1. The lowest BCUT2D eigenvalue weighted by molar-refractivity contribution is -0.138. The molecule has 0 saturated heterocycles. The maximum atomic E-state index is 12.8. The van der Waals surface area contributed by atoms with E-state index in [9.17, 15) is 35.9 Å². The van der Waals surface area contributed by atoms with Crippen LogP contribution in [0.25, 0.3) is 27.6 Å². The summed E-state index contributed by atoms with van der Waals surface area (Å²) in [7, 11) is -1.87. The highest BCUT2D eigenvalue weighted by molar-refractivity contribution is 6.58. The summed E-state index contributed by atoms with van der Waals surface area (Å²) in [4.78, 5) is 23.6. The second-order valence-electron chi connectivity index (χ2n) is 13.1. The van der Waals surface area contributed by atoms with Gasteiger partial charge in [-0.25, -0.2) is 0 Å². The highest BCUT2D eigenvalue weighted by atomic mass is 19.4. The Morgan fingerprint density at radius 1 is 0.690 bits per heavy atom. The first-order chi connectivity index (χ1) is 27.0. The highest BCUT2D eigenvalue weighted by Crippen LogP contribution is 2.31. The monoisotopic (exact) mass is 799 g/mol. The number of rotatable bonds is 9. The van der Waals surface area contributed by atoms with Crippen molar-refractivity contribution in [1.82, 2.24) is 5.32 Å². The van der Waals surface area contributed by atoms with Crippen LogP contribution < -0.4 is 10.8 Å². The van der Waals surface area contributed by atoms with Gasteiger partial charge < -0.3 is 15.4 Å². The summed E-state index contributed by atoms with van der Waals surface area (Å²) >= 11 is 0. The van der Waals surface area contributed by atoms with Gasteiger partial charge in [0.15, 0.2) is 5.78 Å². The van der Waals surface area contributed by atoms with E-state index < -0.39 is 30.6 Å². The van der Waals surface area contributed by atoms with E-state index in [0.717, 1.165) is 40.6 Å².